The molecule has 0 saturated carbocycles. The monoisotopic (exact) mass is 412 g/mol. The summed E-state index contributed by atoms with van der Waals surface area (Å²) in [6.07, 6.45) is 3.30. The second-order valence-corrected chi connectivity index (χ2v) is 6.87. The van der Waals surface area contributed by atoms with Crippen molar-refractivity contribution in [3.8, 4) is 11.5 Å². The van der Waals surface area contributed by atoms with Crippen molar-refractivity contribution in [3.63, 3.8) is 0 Å². The van der Waals surface area contributed by atoms with Gasteiger partial charge in [-0.25, -0.2) is 0 Å². The molecule has 0 spiro atoms. The van der Waals surface area contributed by atoms with E-state index in [0.717, 1.165) is 11.1 Å². The standard InChI is InChI=1S/C23H18Cl2O3/c1-27-20-10-7-17(8-11-20)23(26)12-5-16-3-2-4-21(13-16)28-15-18-6-9-19(24)14-22(18)25/h2-14H,15H2,1H3/b12-5+. The van der Waals surface area contributed by atoms with Crippen LogP contribution in [0.25, 0.3) is 6.08 Å². The van der Waals surface area contributed by atoms with E-state index in [1.807, 2.05) is 30.3 Å². The van der Waals surface area contributed by atoms with E-state index < -0.39 is 0 Å². The summed E-state index contributed by atoms with van der Waals surface area (Å²) in [7, 11) is 1.59. The Labute approximate surface area is 174 Å². The lowest BCUT2D eigenvalue weighted by atomic mass is 10.1. The van der Waals surface area contributed by atoms with E-state index in [1.54, 1.807) is 49.6 Å². The van der Waals surface area contributed by atoms with Gasteiger partial charge in [-0.2, -0.15) is 0 Å². The van der Waals surface area contributed by atoms with Crippen LogP contribution in [0.15, 0.2) is 72.8 Å². The summed E-state index contributed by atoms with van der Waals surface area (Å²) >= 11 is 12.1. The Balaban J connectivity index is 1.65. The van der Waals surface area contributed by atoms with E-state index in [0.29, 0.717) is 33.7 Å². The van der Waals surface area contributed by atoms with Gasteiger partial charge in [0.25, 0.3) is 0 Å². The Kier molecular flexibility index (Phi) is 6.75. The van der Waals surface area contributed by atoms with Crippen LogP contribution < -0.4 is 9.47 Å². The molecule has 0 aliphatic heterocycles. The SMILES string of the molecule is COc1ccc(C(=O)/C=C/c2cccc(OCc3ccc(Cl)cc3Cl)c2)cc1. The highest BCUT2D eigenvalue weighted by Gasteiger charge is 2.04. The maximum Gasteiger partial charge on any atom is 0.185 e. The third kappa shape index (κ3) is 5.38. The summed E-state index contributed by atoms with van der Waals surface area (Å²) in [4.78, 5) is 12.3. The zero-order valence-electron chi connectivity index (χ0n) is 15.2. The molecule has 0 heterocycles. The predicted octanol–water partition coefficient (Wildman–Crippen LogP) is 6.48. The van der Waals surface area contributed by atoms with Gasteiger partial charge >= 0.3 is 0 Å². The van der Waals surface area contributed by atoms with Crippen molar-refractivity contribution >= 4 is 35.1 Å². The Morgan fingerprint density at radius 2 is 1.75 bits per heavy atom. The molecule has 0 fully saturated rings. The molecular formula is C23H18Cl2O3. The van der Waals surface area contributed by atoms with E-state index in [1.165, 1.54) is 6.08 Å². The fourth-order valence-corrected chi connectivity index (χ4v) is 2.99. The lowest BCUT2D eigenvalue weighted by molar-refractivity contribution is 0.104. The average Bonchev–Trinajstić information content (AvgIpc) is 2.72. The molecule has 3 rings (SSSR count). The number of rotatable bonds is 7. The van der Waals surface area contributed by atoms with Crippen LogP contribution in [0.3, 0.4) is 0 Å². The van der Waals surface area contributed by atoms with Crippen molar-refractivity contribution in [2.45, 2.75) is 6.61 Å². The van der Waals surface area contributed by atoms with Gasteiger partial charge in [-0.15, -0.1) is 0 Å². The topological polar surface area (TPSA) is 35.5 Å². The number of methoxy groups -OCH3 is 1. The Hall–Kier alpha value is -2.75. The minimum atomic E-state index is -0.0816. The quantitative estimate of drug-likeness (QED) is 0.329. The third-order valence-corrected chi connectivity index (χ3v) is 4.66. The van der Waals surface area contributed by atoms with E-state index in [-0.39, 0.29) is 5.78 Å². The van der Waals surface area contributed by atoms with Crippen LogP contribution in [0, 0.1) is 0 Å². The van der Waals surface area contributed by atoms with Crippen molar-refractivity contribution in [1.82, 2.24) is 0 Å². The number of carbonyl (C=O) groups is 1. The van der Waals surface area contributed by atoms with E-state index in [9.17, 15) is 4.79 Å². The number of ether oxygens (including phenoxy) is 2. The number of halogens is 2. The molecule has 0 aliphatic rings. The summed E-state index contributed by atoms with van der Waals surface area (Å²) in [6, 6.07) is 19.8. The first-order chi connectivity index (χ1) is 13.5. The van der Waals surface area contributed by atoms with Crippen LogP contribution in [0.2, 0.25) is 10.0 Å². The van der Waals surface area contributed by atoms with E-state index in [4.69, 9.17) is 32.7 Å². The first-order valence-corrected chi connectivity index (χ1v) is 9.34. The molecule has 28 heavy (non-hydrogen) atoms. The molecule has 0 aromatic heterocycles. The van der Waals surface area contributed by atoms with Gasteiger partial charge in [0, 0.05) is 21.2 Å². The molecule has 0 radical (unpaired) electrons. The zero-order valence-corrected chi connectivity index (χ0v) is 16.7. The molecule has 0 amide bonds. The first-order valence-electron chi connectivity index (χ1n) is 8.58. The van der Waals surface area contributed by atoms with Gasteiger partial charge in [0.15, 0.2) is 5.78 Å². The summed E-state index contributed by atoms with van der Waals surface area (Å²) in [5, 5.41) is 1.15. The van der Waals surface area contributed by atoms with Crippen LogP contribution in [0.1, 0.15) is 21.5 Å². The van der Waals surface area contributed by atoms with Crippen molar-refractivity contribution in [3.05, 3.63) is 99.5 Å². The fraction of sp³-hybridized carbons (Fsp3) is 0.0870. The number of carbonyl (C=O) groups excluding carboxylic acids is 1. The Bertz CT molecular complexity index is 995. The lowest BCUT2D eigenvalue weighted by Crippen LogP contribution is -1.96. The van der Waals surface area contributed by atoms with Crippen LogP contribution >= 0.6 is 23.2 Å². The predicted molar refractivity (Wildman–Crippen MR) is 114 cm³/mol. The average molecular weight is 413 g/mol. The maximum atomic E-state index is 12.3. The number of benzene rings is 3. The van der Waals surface area contributed by atoms with Crippen LogP contribution in [-0.4, -0.2) is 12.9 Å². The van der Waals surface area contributed by atoms with Crippen molar-refractivity contribution in [2.24, 2.45) is 0 Å². The third-order valence-electron chi connectivity index (χ3n) is 4.07. The Morgan fingerprint density at radius 3 is 2.46 bits per heavy atom. The van der Waals surface area contributed by atoms with E-state index >= 15 is 0 Å². The van der Waals surface area contributed by atoms with Crippen LogP contribution in [0.4, 0.5) is 0 Å². The van der Waals surface area contributed by atoms with Gasteiger partial charge in [0.1, 0.15) is 18.1 Å². The molecule has 0 bridgehead atoms. The second-order valence-electron chi connectivity index (χ2n) is 6.02. The summed E-state index contributed by atoms with van der Waals surface area (Å²) in [5.74, 6) is 1.32. The molecule has 0 N–H and O–H groups in total. The van der Waals surface area contributed by atoms with Gasteiger partial charge in [0.2, 0.25) is 0 Å². The Morgan fingerprint density at radius 1 is 0.964 bits per heavy atom. The van der Waals surface area contributed by atoms with Crippen molar-refractivity contribution < 1.29 is 14.3 Å². The molecule has 142 valence electrons. The lowest BCUT2D eigenvalue weighted by Gasteiger charge is -2.08. The normalized spacial score (nSPS) is 10.8. The van der Waals surface area contributed by atoms with Gasteiger partial charge in [-0.3, -0.25) is 4.79 Å². The molecule has 0 atom stereocenters. The van der Waals surface area contributed by atoms with Crippen molar-refractivity contribution in [2.75, 3.05) is 7.11 Å². The van der Waals surface area contributed by atoms with Crippen LogP contribution in [0.5, 0.6) is 11.5 Å². The molecule has 3 aromatic rings. The first kappa shape index (κ1) is 20.0. The minimum Gasteiger partial charge on any atom is -0.497 e. The summed E-state index contributed by atoms with van der Waals surface area (Å²) in [5.41, 5.74) is 2.31. The smallest absolute Gasteiger partial charge is 0.185 e. The maximum absolute atomic E-state index is 12.3. The van der Waals surface area contributed by atoms with Gasteiger partial charge < -0.3 is 9.47 Å². The molecule has 3 aromatic carbocycles. The molecule has 5 heteroatoms. The molecule has 0 aliphatic carbocycles. The zero-order chi connectivity index (χ0) is 19.9. The highest BCUT2D eigenvalue weighted by atomic mass is 35.5. The number of ketones is 1. The second kappa shape index (κ2) is 9.45. The molecular weight excluding hydrogens is 395 g/mol. The minimum absolute atomic E-state index is 0.0816. The highest BCUT2D eigenvalue weighted by molar-refractivity contribution is 6.35. The molecule has 3 nitrogen and oxygen atoms in total. The number of hydrogen-bond acceptors (Lipinski definition) is 3. The number of hydrogen-bond donors (Lipinski definition) is 0. The number of allylic oxidation sites excluding steroid dienone is 1. The van der Waals surface area contributed by atoms with Crippen molar-refractivity contribution in [1.29, 1.82) is 0 Å². The summed E-state index contributed by atoms with van der Waals surface area (Å²) < 4.78 is 10.9. The van der Waals surface area contributed by atoms with Gasteiger partial charge in [-0.1, -0.05) is 47.5 Å². The van der Waals surface area contributed by atoms with Gasteiger partial charge in [-0.05, 0) is 60.2 Å². The highest BCUT2D eigenvalue weighted by Crippen LogP contribution is 2.23. The van der Waals surface area contributed by atoms with Crippen LogP contribution in [-0.2, 0) is 6.61 Å². The summed E-state index contributed by atoms with van der Waals surface area (Å²) in [6.45, 7) is 0.327. The molecule has 0 unspecified atom stereocenters. The van der Waals surface area contributed by atoms with E-state index in [2.05, 4.69) is 0 Å². The molecule has 0 saturated heterocycles. The van der Waals surface area contributed by atoms with Gasteiger partial charge in [0.05, 0.1) is 7.11 Å². The largest absolute Gasteiger partial charge is 0.497 e. The fourth-order valence-electron chi connectivity index (χ4n) is 2.53.